The topological polar surface area (TPSA) is 50.4 Å². The molecular formula is C23H16F2O3S. The fourth-order valence-electron chi connectivity index (χ4n) is 3.23. The minimum absolute atomic E-state index is 0.0575. The number of benzene rings is 3. The average molecular weight is 410 g/mol. The second-order valence-corrected chi connectivity index (χ2v) is 7.44. The Kier molecular flexibility index (Phi) is 5.11. The molecule has 0 aliphatic rings. The van der Waals surface area contributed by atoms with Gasteiger partial charge in [-0.15, -0.1) is 11.8 Å². The van der Waals surface area contributed by atoms with Crippen molar-refractivity contribution in [1.29, 1.82) is 0 Å². The van der Waals surface area contributed by atoms with Crippen LogP contribution in [0.4, 0.5) is 8.78 Å². The van der Waals surface area contributed by atoms with E-state index in [1.165, 1.54) is 24.3 Å². The molecular weight excluding hydrogens is 394 g/mol. The Morgan fingerprint density at radius 1 is 0.966 bits per heavy atom. The molecule has 1 heterocycles. The highest BCUT2D eigenvalue weighted by Crippen LogP contribution is 2.31. The van der Waals surface area contributed by atoms with Gasteiger partial charge in [-0.05, 0) is 54.8 Å². The number of hydrogen-bond donors (Lipinski definition) is 1. The summed E-state index contributed by atoms with van der Waals surface area (Å²) in [6, 6.07) is 14.8. The predicted octanol–water partition coefficient (Wildman–Crippen LogP) is 5.76. The van der Waals surface area contributed by atoms with Gasteiger partial charge in [0, 0.05) is 28.0 Å². The Balaban J connectivity index is 1.97. The number of halogens is 2. The summed E-state index contributed by atoms with van der Waals surface area (Å²) in [5, 5.41) is 10.2. The second kappa shape index (κ2) is 7.72. The molecule has 0 aliphatic heterocycles. The van der Waals surface area contributed by atoms with Crippen LogP contribution in [0.1, 0.15) is 11.1 Å². The van der Waals surface area contributed by atoms with Crippen LogP contribution >= 0.6 is 11.8 Å². The van der Waals surface area contributed by atoms with Crippen molar-refractivity contribution in [2.24, 2.45) is 0 Å². The van der Waals surface area contributed by atoms with Crippen molar-refractivity contribution in [2.45, 2.75) is 11.3 Å². The molecule has 0 aliphatic carbocycles. The number of phenolic OH excluding ortho intramolecular Hbond substituents is 1. The van der Waals surface area contributed by atoms with E-state index in [4.69, 9.17) is 4.42 Å². The SMILES string of the molecule is CSc1ccc(-c2oc3ccc(F)cc3c(=O)c2Cc2cc(F)ccc2O)cc1. The number of thioether (sulfide) groups is 1. The molecule has 0 saturated heterocycles. The minimum atomic E-state index is -0.554. The highest BCUT2D eigenvalue weighted by molar-refractivity contribution is 7.98. The molecule has 4 rings (SSSR count). The zero-order chi connectivity index (χ0) is 20.5. The zero-order valence-corrected chi connectivity index (χ0v) is 16.2. The Bertz CT molecular complexity index is 1260. The summed E-state index contributed by atoms with van der Waals surface area (Å²) < 4.78 is 33.4. The van der Waals surface area contributed by atoms with E-state index in [1.54, 1.807) is 11.8 Å². The van der Waals surface area contributed by atoms with Gasteiger partial charge in [-0.1, -0.05) is 12.1 Å². The van der Waals surface area contributed by atoms with Crippen LogP contribution in [-0.4, -0.2) is 11.4 Å². The van der Waals surface area contributed by atoms with Crippen molar-refractivity contribution in [3.8, 4) is 17.1 Å². The van der Waals surface area contributed by atoms with Crippen molar-refractivity contribution in [3.05, 3.63) is 93.6 Å². The summed E-state index contributed by atoms with van der Waals surface area (Å²) in [5.41, 5.74) is 0.971. The van der Waals surface area contributed by atoms with Crippen LogP contribution < -0.4 is 5.43 Å². The summed E-state index contributed by atoms with van der Waals surface area (Å²) in [6.07, 6.45) is 1.90. The maximum Gasteiger partial charge on any atom is 0.196 e. The first kappa shape index (κ1) is 19.2. The van der Waals surface area contributed by atoms with Crippen LogP contribution in [0.15, 0.2) is 74.8 Å². The molecule has 0 radical (unpaired) electrons. The largest absolute Gasteiger partial charge is 0.508 e. The summed E-state index contributed by atoms with van der Waals surface area (Å²) in [6.45, 7) is 0. The molecule has 0 atom stereocenters. The van der Waals surface area contributed by atoms with Gasteiger partial charge in [0.1, 0.15) is 28.7 Å². The normalized spacial score (nSPS) is 11.1. The van der Waals surface area contributed by atoms with E-state index in [0.717, 1.165) is 17.0 Å². The summed E-state index contributed by atoms with van der Waals surface area (Å²) in [4.78, 5) is 14.2. The molecule has 4 aromatic rings. The molecule has 6 heteroatoms. The molecule has 0 saturated carbocycles. The van der Waals surface area contributed by atoms with E-state index in [0.29, 0.717) is 11.3 Å². The third-order valence-electron chi connectivity index (χ3n) is 4.71. The summed E-state index contributed by atoms with van der Waals surface area (Å²) in [5.74, 6) is -0.902. The monoisotopic (exact) mass is 410 g/mol. The van der Waals surface area contributed by atoms with Gasteiger partial charge >= 0.3 is 0 Å². The lowest BCUT2D eigenvalue weighted by molar-refractivity contribution is 0.466. The van der Waals surface area contributed by atoms with Gasteiger partial charge in [-0.25, -0.2) is 8.78 Å². The van der Waals surface area contributed by atoms with Crippen molar-refractivity contribution in [2.75, 3.05) is 6.26 Å². The first-order valence-electron chi connectivity index (χ1n) is 8.83. The lowest BCUT2D eigenvalue weighted by Gasteiger charge is -2.12. The van der Waals surface area contributed by atoms with Gasteiger partial charge in [0.05, 0.1) is 5.39 Å². The number of aromatic hydroxyl groups is 1. The van der Waals surface area contributed by atoms with Crippen LogP contribution in [0.25, 0.3) is 22.3 Å². The second-order valence-electron chi connectivity index (χ2n) is 6.56. The van der Waals surface area contributed by atoms with Crippen molar-refractivity contribution >= 4 is 22.7 Å². The molecule has 1 N–H and O–H groups in total. The van der Waals surface area contributed by atoms with Crippen molar-refractivity contribution in [1.82, 2.24) is 0 Å². The molecule has 0 spiro atoms. The molecule has 3 aromatic carbocycles. The molecule has 0 bridgehead atoms. The van der Waals surface area contributed by atoms with Gasteiger partial charge < -0.3 is 9.52 Å². The van der Waals surface area contributed by atoms with Crippen LogP contribution in [0.3, 0.4) is 0 Å². The number of rotatable bonds is 4. The minimum Gasteiger partial charge on any atom is -0.508 e. The standard InChI is InChI=1S/C23H16F2O3S/c1-29-17-6-2-13(3-7-17)23-19(11-14-10-15(24)4-8-20(14)26)22(27)18-12-16(25)5-9-21(18)28-23/h2-10,12,26H,11H2,1H3. The third-order valence-corrected chi connectivity index (χ3v) is 5.45. The highest BCUT2D eigenvalue weighted by atomic mass is 32.2. The number of hydrogen-bond acceptors (Lipinski definition) is 4. The fraction of sp³-hybridized carbons (Fsp3) is 0.0870. The number of phenols is 1. The van der Waals surface area contributed by atoms with E-state index in [9.17, 15) is 18.7 Å². The molecule has 0 unspecified atom stereocenters. The molecule has 146 valence electrons. The maximum atomic E-state index is 13.7. The van der Waals surface area contributed by atoms with Crippen LogP contribution in [0.2, 0.25) is 0 Å². The van der Waals surface area contributed by atoms with E-state index in [1.807, 2.05) is 30.5 Å². The molecule has 0 fully saturated rings. The predicted molar refractivity (Wildman–Crippen MR) is 111 cm³/mol. The average Bonchev–Trinajstić information content (AvgIpc) is 2.73. The van der Waals surface area contributed by atoms with Crippen LogP contribution in [0.5, 0.6) is 5.75 Å². The smallest absolute Gasteiger partial charge is 0.196 e. The Hall–Kier alpha value is -3.12. The van der Waals surface area contributed by atoms with E-state index >= 15 is 0 Å². The van der Waals surface area contributed by atoms with Crippen LogP contribution in [-0.2, 0) is 6.42 Å². The van der Waals surface area contributed by atoms with Gasteiger partial charge in [-0.3, -0.25) is 4.79 Å². The van der Waals surface area contributed by atoms with Gasteiger partial charge in [0.2, 0.25) is 0 Å². The first-order chi connectivity index (χ1) is 14.0. The third kappa shape index (κ3) is 3.76. The lowest BCUT2D eigenvalue weighted by Crippen LogP contribution is -2.12. The molecule has 29 heavy (non-hydrogen) atoms. The Morgan fingerprint density at radius 2 is 1.66 bits per heavy atom. The Morgan fingerprint density at radius 3 is 2.38 bits per heavy atom. The van der Waals surface area contributed by atoms with Crippen molar-refractivity contribution in [3.63, 3.8) is 0 Å². The van der Waals surface area contributed by atoms with Gasteiger partial charge in [-0.2, -0.15) is 0 Å². The van der Waals surface area contributed by atoms with Crippen LogP contribution in [0, 0.1) is 11.6 Å². The van der Waals surface area contributed by atoms with Crippen molar-refractivity contribution < 1.29 is 18.3 Å². The summed E-state index contributed by atoms with van der Waals surface area (Å²) >= 11 is 1.58. The van der Waals surface area contributed by atoms with Gasteiger partial charge in [0.25, 0.3) is 0 Å². The lowest BCUT2D eigenvalue weighted by atomic mass is 9.98. The first-order valence-corrected chi connectivity index (χ1v) is 10.1. The Labute approximate surface area is 169 Å². The summed E-state index contributed by atoms with van der Waals surface area (Å²) in [7, 11) is 0. The highest BCUT2D eigenvalue weighted by Gasteiger charge is 2.19. The number of fused-ring (bicyclic) bond motifs is 1. The van der Waals surface area contributed by atoms with E-state index < -0.39 is 17.1 Å². The quantitative estimate of drug-likeness (QED) is 0.435. The fourth-order valence-corrected chi connectivity index (χ4v) is 3.64. The molecule has 3 nitrogen and oxygen atoms in total. The van der Waals surface area contributed by atoms with E-state index in [-0.39, 0.29) is 34.3 Å². The van der Waals surface area contributed by atoms with E-state index in [2.05, 4.69) is 0 Å². The molecule has 1 aromatic heterocycles. The molecule has 0 amide bonds. The maximum absolute atomic E-state index is 13.7. The van der Waals surface area contributed by atoms with Gasteiger partial charge in [0.15, 0.2) is 5.43 Å². The zero-order valence-electron chi connectivity index (χ0n) is 15.4.